The molecule has 2 nitrogen and oxygen atoms in total. The van der Waals surface area contributed by atoms with E-state index in [1.807, 2.05) is 18.2 Å². The summed E-state index contributed by atoms with van der Waals surface area (Å²) in [6.45, 7) is 5.05. The first-order valence-corrected chi connectivity index (χ1v) is 9.74. The summed E-state index contributed by atoms with van der Waals surface area (Å²) in [5, 5.41) is 8.30. The van der Waals surface area contributed by atoms with Crippen molar-refractivity contribution in [3.05, 3.63) is 63.1 Å². The van der Waals surface area contributed by atoms with Crippen molar-refractivity contribution >= 4 is 46.2 Å². The molecule has 0 atom stereocenters. The normalized spacial score (nSPS) is 10.6. The quantitative estimate of drug-likeness (QED) is 0.548. The van der Waals surface area contributed by atoms with E-state index in [2.05, 4.69) is 42.7 Å². The van der Waals surface area contributed by atoms with Gasteiger partial charge in [0.25, 0.3) is 0 Å². The summed E-state index contributed by atoms with van der Waals surface area (Å²) < 4.78 is 0. The number of halogens is 2. The summed E-state index contributed by atoms with van der Waals surface area (Å²) in [6, 6.07) is 12.2. The molecule has 0 aliphatic heterocycles. The topological polar surface area (TPSA) is 24.1 Å². The molecule has 2 aromatic rings. The van der Waals surface area contributed by atoms with E-state index >= 15 is 0 Å². The fraction of sp³-hybridized carbons (Fsp3) is 0.350. The maximum atomic E-state index is 6.03. The molecule has 0 bridgehead atoms. The Balaban J connectivity index is 1.82. The van der Waals surface area contributed by atoms with E-state index in [0.29, 0.717) is 15.2 Å². The molecule has 25 heavy (non-hydrogen) atoms. The van der Waals surface area contributed by atoms with Crippen LogP contribution in [0, 0.1) is 6.92 Å². The zero-order valence-electron chi connectivity index (χ0n) is 14.7. The fourth-order valence-electron chi connectivity index (χ4n) is 2.58. The Kier molecular flexibility index (Phi) is 8.01. The molecular formula is C20H24Cl2N2S. The molecule has 0 saturated heterocycles. The smallest absolute Gasteiger partial charge is 0.170 e. The van der Waals surface area contributed by atoms with Crippen LogP contribution < -0.4 is 10.6 Å². The van der Waals surface area contributed by atoms with Crippen molar-refractivity contribution in [3.8, 4) is 0 Å². The van der Waals surface area contributed by atoms with E-state index in [1.165, 1.54) is 24.0 Å². The molecule has 2 aromatic carbocycles. The van der Waals surface area contributed by atoms with Gasteiger partial charge in [-0.2, -0.15) is 0 Å². The molecule has 0 unspecified atom stereocenters. The predicted octanol–water partition coefficient (Wildman–Crippen LogP) is 6.17. The summed E-state index contributed by atoms with van der Waals surface area (Å²) in [6.07, 6.45) is 4.39. The molecule has 0 saturated carbocycles. The van der Waals surface area contributed by atoms with Crippen LogP contribution in [0.1, 0.15) is 36.5 Å². The summed E-state index contributed by atoms with van der Waals surface area (Å²) in [4.78, 5) is 0. The third-order valence-corrected chi connectivity index (χ3v) is 5.03. The molecule has 0 aromatic heterocycles. The van der Waals surface area contributed by atoms with Crippen LogP contribution in [0.3, 0.4) is 0 Å². The van der Waals surface area contributed by atoms with Crippen molar-refractivity contribution in [1.29, 1.82) is 0 Å². The number of aryl methyl sites for hydroxylation is 2. The van der Waals surface area contributed by atoms with E-state index in [1.54, 1.807) is 0 Å². The molecule has 0 radical (unpaired) electrons. The minimum atomic E-state index is 0.577. The van der Waals surface area contributed by atoms with Gasteiger partial charge in [0, 0.05) is 12.2 Å². The number of unbranched alkanes of at least 4 members (excludes halogenated alkanes) is 1. The zero-order valence-corrected chi connectivity index (χ0v) is 17.0. The van der Waals surface area contributed by atoms with E-state index < -0.39 is 0 Å². The number of anilines is 1. The monoisotopic (exact) mass is 394 g/mol. The van der Waals surface area contributed by atoms with Crippen LogP contribution in [-0.4, -0.2) is 11.7 Å². The molecule has 0 spiro atoms. The van der Waals surface area contributed by atoms with Gasteiger partial charge >= 0.3 is 0 Å². The average Bonchev–Trinajstić information content (AvgIpc) is 2.58. The van der Waals surface area contributed by atoms with E-state index in [4.69, 9.17) is 35.4 Å². The van der Waals surface area contributed by atoms with Gasteiger partial charge in [-0.15, -0.1) is 0 Å². The Morgan fingerprint density at radius 2 is 1.72 bits per heavy atom. The Morgan fingerprint density at radius 1 is 1.00 bits per heavy atom. The minimum absolute atomic E-state index is 0.577. The number of rotatable bonds is 7. The number of hydrogen-bond donors (Lipinski definition) is 2. The molecule has 5 heteroatoms. The summed E-state index contributed by atoms with van der Waals surface area (Å²) >= 11 is 17.4. The van der Waals surface area contributed by atoms with E-state index in [0.717, 1.165) is 30.6 Å². The van der Waals surface area contributed by atoms with Gasteiger partial charge in [0.2, 0.25) is 0 Å². The van der Waals surface area contributed by atoms with E-state index in [9.17, 15) is 0 Å². The maximum absolute atomic E-state index is 6.03. The molecule has 2 rings (SSSR count). The second-order valence-electron chi connectivity index (χ2n) is 6.13. The van der Waals surface area contributed by atoms with E-state index in [-0.39, 0.29) is 0 Å². The first kappa shape index (κ1) is 20.0. The highest BCUT2D eigenvalue weighted by Gasteiger charge is 2.04. The highest BCUT2D eigenvalue weighted by Crippen LogP contribution is 2.22. The van der Waals surface area contributed by atoms with Crippen molar-refractivity contribution in [1.82, 2.24) is 5.32 Å². The van der Waals surface area contributed by atoms with Crippen LogP contribution in [-0.2, 0) is 12.8 Å². The number of benzene rings is 2. The Morgan fingerprint density at radius 3 is 2.40 bits per heavy atom. The van der Waals surface area contributed by atoms with Gasteiger partial charge in [0.15, 0.2) is 5.11 Å². The van der Waals surface area contributed by atoms with Gasteiger partial charge in [0.1, 0.15) is 0 Å². The van der Waals surface area contributed by atoms with Gasteiger partial charge in [-0.3, -0.25) is 0 Å². The minimum Gasteiger partial charge on any atom is -0.362 e. The van der Waals surface area contributed by atoms with Crippen molar-refractivity contribution in [2.45, 2.75) is 39.5 Å². The summed E-state index contributed by atoms with van der Waals surface area (Å²) in [7, 11) is 0. The van der Waals surface area contributed by atoms with Crippen molar-refractivity contribution in [2.24, 2.45) is 0 Å². The van der Waals surface area contributed by atoms with Crippen LogP contribution in [0.4, 0.5) is 5.69 Å². The number of hydrogen-bond acceptors (Lipinski definition) is 1. The first-order chi connectivity index (χ1) is 12.0. The summed E-state index contributed by atoms with van der Waals surface area (Å²) in [5.41, 5.74) is 4.76. The lowest BCUT2D eigenvalue weighted by atomic mass is 10.0. The third kappa shape index (κ3) is 6.50. The Labute approximate surface area is 165 Å². The van der Waals surface area contributed by atoms with Crippen LogP contribution in [0.5, 0.6) is 0 Å². The number of nitrogens with one attached hydrogen (secondary N) is 2. The van der Waals surface area contributed by atoms with Gasteiger partial charge in [-0.25, -0.2) is 0 Å². The van der Waals surface area contributed by atoms with Crippen molar-refractivity contribution in [2.75, 3.05) is 11.9 Å². The molecular weight excluding hydrogens is 371 g/mol. The van der Waals surface area contributed by atoms with Crippen LogP contribution in [0.15, 0.2) is 36.4 Å². The van der Waals surface area contributed by atoms with Crippen LogP contribution in [0.25, 0.3) is 0 Å². The van der Waals surface area contributed by atoms with Gasteiger partial charge in [-0.1, -0.05) is 54.7 Å². The highest BCUT2D eigenvalue weighted by molar-refractivity contribution is 7.80. The van der Waals surface area contributed by atoms with Crippen LogP contribution in [0.2, 0.25) is 10.0 Å². The lowest BCUT2D eigenvalue weighted by molar-refractivity contribution is 0.794. The molecule has 134 valence electrons. The van der Waals surface area contributed by atoms with Crippen molar-refractivity contribution in [3.63, 3.8) is 0 Å². The molecule has 0 fully saturated rings. The second kappa shape index (κ2) is 10.0. The van der Waals surface area contributed by atoms with Crippen molar-refractivity contribution < 1.29 is 0 Å². The molecule has 2 N–H and O–H groups in total. The molecule has 0 aliphatic rings. The highest BCUT2D eigenvalue weighted by atomic mass is 35.5. The largest absolute Gasteiger partial charge is 0.362 e. The maximum Gasteiger partial charge on any atom is 0.170 e. The van der Waals surface area contributed by atoms with Gasteiger partial charge < -0.3 is 10.6 Å². The predicted molar refractivity (Wildman–Crippen MR) is 114 cm³/mol. The standard InChI is InChI=1S/C20H24Cl2N2S/c1-3-4-5-15-7-9-19(14(2)12-15)24-20(25)23-11-10-16-6-8-17(21)18(22)13-16/h6-9,12-13H,3-5,10-11H2,1-2H3,(H2,23,24,25). The van der Waals surface area contributed by atoms with Crippen LogP contribution >= 0.6 is 35.4 Å². The second-order valence-corrected chi connectivity index (χ2v) is 7.35. The first-order valence-electron chi connectivity index (χ1n) is 8.58. The molecule has 0 heterocycles. The van der Waals surface area contributed by atoms with Gasteiger partial charge in [-0.05, 0) is 73.3 Å². The average molecular weight is 395 g/mol. The molecule has 0 aliphatic carbocycles. The lowest BCUT2D eigenvalue weighted by Crippen LogP contribution is -2.30. The zero-order chi connectivity index (χ0) is 18.2. The summed E-state index contributed by atoms with van der Waals surface area (Å²) in [5.74, 6) is 0. The SMILES string of the molecule is CCCCc1ccc(NC(=S)NCCc2ccc(Cl)c(Cl)c2)c(C)c1. The fourth-order valence-corrected chi connectivity index (χ4v) is 3.12. The lowest BCUT2D eigenvalue weighted by Gasteiger charge is -2.14. The Bertz CT molecular complexity index is 732. The number of thiocarbonyl (C=S) groups is 1. The Hall–Kier alpha value is -1.29. The third-order valence-electron chi connectivity index (χ3n) is 4.04. The molecule has 0 amide bonds. The van der Waals surface area contributed by atoms with Gasteiger partial charge in [0.05, 0.1) is 10.0 Å².